The van der Waals surface area contributed by atoms with Crippen molar-refractivity contribution in [2.75, 3.05) is 5.32 Å². The number of ether oxygens (including phenoxy) is 2. The van der Waals surface area contributed by atoms with Crippen molar-refractivity contribution in [3.8, 4) is 11.6 Å². The molecule has 1 aromatic heterocycles. The van der Waals surface area contributed by atoms with Gasteiger partial charge in [-0.05, 0) is 61.6 Å². The van der Waals surface area contributed by atoms with Crippen molar-refractivity contribution in [3.63, 3.8) is 0 Å². The molecule has 1 saturated carbocycles. The van der Waals surface area contributed by atoms with Gasteiger partial charge in [0, 0.05) is 18.0 Å². The molecule has 3 N–H and O–H groups in total. The van der Waals surface area contributed by atoms with E-state index in [-0.39, 0.29) is 41.8 Å². The minimum Gasteiger partial charge on any atom is -0.474 e. The molecule has 1 aliphatic rings. The van der Waals surface area contributed by atoms with Crippen molar-refractivity contribution in [1.29, 1.82) is 0 Å². The molecule has 0 saturated heterocycles. The Morgan fingerprint density at radius 1 is 1.17 bits per heavy atom. The fourth-order valence-corrected chi connectivity index (χ4v) is 2.89. The topological polar surface area (TPSA) is 81.8 Å². The van der Waals surface area contributed by atoms with Crippen LogP contribution in [0.4, 0.5) is 18.9 Å². The molecular weight excluding hydrogens is 500 g/mol. The Morgan fingerprint density at radius 2 is 1.86 bits per heavy atom. The first-order valence-corrected chi connectivity index (χ1v) is 8.92. The molecule has 10 heteroatoms. The number of pyridine rings is 1. The maximum atomic E-state index is 12.2. The van der Waals surface area contributed by atoms with Crippen LogP contribution in [0.1, 0.15) is 31.2 Å². The highest BCUT2D eigenvalue weighted by Gasteiger charge is 2.30. The number of nitrogens with one attached hydrogen (secondary N) is 1. The molecule has 3 rings (SSSR count). The zero-order valence-electron chi connectivity index (χ0n) is 15.5. The average molecular weight is 522 g/mol. The Labute approximate surface area is 183 Å². The highest BCUT2D eigenvalue weighted by atomic mass is 127. The molecule has 0 atom stereocenters. The number of aromatic nitrogens is 1. The first kappa shape index (κ1) is 23.0. The van der Waals surface area contributed by atoms with E-state index in [0.717, 1.165) is 18.4 Å². The van der Waals surface area contributed by atoms with Gasteiger partial charge >= 0.3 is 6.36 Å². The lowest BCUT2D eigenvalue weighted by Gasteiger charge is -2.12. The monoisotopic (exact) mass is 522 g/mol. The summed E-state index contributed by atoms with van der Waals surface area (Å²) in [5, 5.41) is 2.82. The van der Waals surface area contributed by atoms with Crippen LogP contribution < -0.4 is 20.5 Å². The molecule has 0 bridgehead atoms. The quantitative estimate of drug-likeness (QED) is 0.322. The number of hydrogen-bond acceptors (Lipinski definition) is 4. The molecule has 0 spiro atoms. The summed E-state index contributed by atoms with van der Waals surface area (Å²) in [6, 6.07) is 8.88. The molecule has 1 aromatic carbocycles. The van der Waals surface area contributed by atoms with E-state index in [4.69, 9.17) is 10.5 Å². The number of nitrogens with two attached hydrogens (primary N) is 1. The molecule has 1 heterocycles. The standard InChI is InChI=1S/C19H21F3N4O2.HI/c20-19(21,22)28-16-7-5-14(6-8-16)26-18(23)25-12-13-9-10-24-17(11-13)27-15-3-1-2-4-15;/h5-11,15H,1-4,12H2,(H3,23,25,26);1H. The highest BCUT2D eigenvalue weighted by molar-refractivity contribution is 14.0. The van der Waals surface area contributed by atoms with E-state index in [1.54, 1.807) is 6.20 Å². The van der Waals surface area contributed by atoms with Crippen LogP contribution in [0.3, 0.4) is 0 Å². The maximum absolute atomic E-state index is 12.2. The molecule has 1 aliphatic carbocycles. The van der Waals surface area contributed by atoms with Crippen LogP contribution in [0.25, 0.3) is 0 Å². The van der Waals surface area contributed by atoms with Crippen LogP contribution in [0.15, 0.2) is 47.6 Å². The van der Waals surface area contributed by atoms with Crippen molar-refractivity contribution < 1.29 is 22.6 Å². The SMILES string of the molecule is I.NC(=NCc1ccnc(OC2CCCC2)c1)Nc1ccc(OC(F)(F)F)cc1. The van der Waals surface area contributed by atoms with Gasteiger partial charge in [0.2, 0.25) is 5.88 Å². The highest BCUT2D eigenvalue weighted by Crippen LogP contribution is 2.24. The van der Waals surface area contributed by atoms with Gasteiger partial charge in [0.25, 0.3) is 0 Å². The Kier molecular flexibility index (Phi) is 8.35. The number of anilines is 1. The van der Waals surface area contributed by atoms with Gasteiger partial charge in [-0.25, -0.2) is 9.98 Å². The molecule has 6 nitrogen and oxygen atoms in total. The first-order chi connectivity index (χ1) is 13.4. The van der Waals surface area contributed by atoms with E-state index in [1.807, 2.05) is 12.1 Å². The second-order valence-corrected chi connectivity index (χ2v) is 6.43. The number of rotatable bonds is 6. The summed E-state index contributed by atoms with van der Waals surface area (Å²) in [6.07, 6.45) is 1.63. The van der Waals surface area contributed by atoms with Crippen LogP contribution >= 0.6 is 24.0 Å². The van der Waals surface area contributed by atoms with E-state index >= 15 is 0 Å². The Balaban J connectivity index is 0.00000300. The molecule has 2 aromatic rings. The van der Waals surface area contributed by atoms with E-state index in [1.165, 1.54) is 37.1 Å². The number of benzene rings is 1. The van der Waals surface area contributed by atoms with Crippen molar-refractivity contribution in [3.05, 3.63) is 48.2 Å². The van der Waals surface area contributed by atoms with Gasteiger partial charge in [-0.15, -0.1) is 37.1 Å². The molecule has 29 heavy (non-hydrogen) atoms. The predicted molar refractivity (Wildman–Crippen MR) is 115 cm³/mol. The van der Waals surface area contributed by atoms with Crippen molar-refractivity contribution in [2.24, 2.45) is 10.7 Å². The largest absolute Gasteiger partial charge is 0.573 e. The molecular formula is C19H22F3IN4O2. The summed E-state index contributed by atoms with van der Waals surface area (Å²) in [7, 11) is 0. The van der Waals surface area contributed by atoms with Crippen molar-refractivity contribution in [1.82, 2.24) is 4.98 Å². The number of nitrogens with zero attached hydrogens (tertiary/aromatic N) is 2. The predicted octanol–water partition coefficient (Wildman–Crippen LogP) is 4.85. The lowest BCUT2D eigenvalue weighted by molar-refractivity contribution is -0.274. The number of aliphatic imine (C=N–C) groups is 1. The summed E-state index contributed by atoms with van der Waals surface area (Å²) in [6.45, 7) is 0.317. The van der Waals surface area contributed by atoms with Crippen molar-refractivity contribution >= 4 is 35.6 Å². The van der Waals surface area contributed by atoms with E-state index < -0.39 is 6.36 Å². The van der Waals surface area contributed by atoms with Crippen LogP contribution in [0.2, 0.25) is 0 Å². The normalized spacial score (nSPS) is 14.9. The lowest BCUT2D eigenvalue weighted by Crippen LogP contribution is -2.22. The maximum Gasteiger partial charge on any atom is 0.573 e. The fraction of sp³-hybridized carbons (Fsp3) is 0.368. The smallest absolute Gasteiger partial charge is 0.474 e. The average Bonchev–Trinajstić information content (AvgIpc) is 3.14. The third kappa shape index (κ3) is 7.95. The van der Waals surface area contributed by atoms with Gasteiger partial charge < -0.3 is 20.5 Å². The van der Waals surface area contributed by atoms with Gasteiger partial charge in [-0.3, -0.25) is 0 Å². The van der Waals surface area contributed by atoms with Crippen LogP contribution in [0, 0.1) is 0 Å². The Bertz CT molecular complexity index is 810. The van der Waals surface area contributed by atoms with Gasteiger partial charge in [-0.2, -0.15) is 0 Å². The van der Waals surface area contributed by atoms with E-state index in [2.05, 4.69) is 20.0 Å². The third-order valence-corrected chi connectivity index (χ3v) is 4.18. The van der Waals surface area contributed by atoms with Crippen LogP contribution in [-0.4, -0.2) is 23.4 Å². The van der Waals surface area contributed by atoms with Gasteiger partial charge in [0.1, 0.15) is 11.9 Å². The first-order valence-electron chi connectivity index (χ1n) is 8.92. The number of guanidine groups is 1. The summed E-state index contributed by atoms with van der Waals surface area (Å²) in [5.74, 6) is 0.408. The fourth-order valence-electron chi connectivity index (χ4n) is 2.89. The summed E-state index contributed by atoms with van der Waals surface area (Å²) in [5.41, 5.74) is 7.23. The van der Waals surface area contributed by atoms with E-state index in [0.29, 0.717) is 18.1 Å². The Hall–Kier alpha value is -2.24. The molecule has 0 unspecified atom stereocenters. The summed E-state index contributed by atoms with van der Waals surface area (Å²) < 4.78 is 46.2. The molecule has 1 fully saturated rings. The third-order valence-electron chi connectivity index (χ3n) is 4.18. The van der Waals surface area contributed by atoms with Crippen LogP contribution in [0.5, 0.6) is 11.6 Å². The molecule has 0 amide bonds. The number of halogens is 4. The summed E-state index contributed by atoms with van der Waals surface area (Å²) >= 11 is 0. The zero-order chi connectivity index (χ0) is 20.0. The van der Waals surface area contributed by atoms with Crippen molar-refractivity contribution in [2.45, 2.75) is 44.7 Å². The molecule has 0 aliphatic heterocycles. The van der Waals surface area contributed by atoms with Crippen LogP contribution in [-0.2, 0) is 6.54 Å². The molecule has 158 valence electrons. The number of alkyl halides is 3. The minimum atomic E-state index is -4.72. The lowest BCUT2D eigenvalue weighted by atomic mass is 10.2. The minimum absolute atomic E-state index is 0. The second-order valence-electron chi connectivity index (χ2n) is 6.43. The molecule has 0 radical (unpaired) electrons. The second kappa shape index (κ2) is 10.5. The Morgan fingerprint density at radius 3 is 2.52 bits per heavy atom. The number of hydrogen-bond donors (Lipinski definition) is 2. The van der Waals surface area contributed by atoms with Gasteiger partial charge in [-0.1, -0.05) is 0 Å². The zero-order valence-corrected chi connectivity index (χ0v) is 17.8. The van der Waals surface area contributed by atoms with E-state index in [9.17, 15) is 13.2 Å². The van der Waals surface area contributed by atoms with Gasteiger partial charge in [0.15, 0.2) is 5.96 Å². The summed E-state index contributed by atoms with van der Waals surface area (Å²) in [4.78, 5) is 8.45. The van der Waals surface area contributed by atoms with Gasteiger partial charge in [0.05, 0.1) is 6.54 Å².